The van der Waals surface area contributed by atoms with Crippen molar-refractivity contribution in [3.8, 4) is 0 Å². The zero-order chi connectivity index (χ0) is 9.26. The molecule has 0 fully saturated rings. The maximum absolute atomic E-state index is 13.1. The largest absolute Gasteiger partial charge is 0.316 e. The highest BCUT2D eigenvalue weighted by Crippen LogP contribution is 2.21. The highest BCUT2D eigenvalue weighted by molar-refractivity contribution is 6.30. The van der Waals surface area contributed by atoms with Gasteiger partial charge in [0.05, 0.1) is 5.02 Å². The maximum atomic E-state index is 13.1. The summed E-state index contributed by atoms with van der Waals surface area (Å²) in [6.07, 6.45) is 1.83. The van der Waals surface area contributed by atoms with Crippen molar-refractivity contribution in [2.75, 3.05) is 13.1 Å². The zero-order valence-corrected chi connectivity index (χ0v) is 7.99. The van der Waals surface area contributed by atoms with E-state index in [1.54, 1.807) is 12.1 Å². The molecule has 2 rings (SSSR count). The SMILES string of the molecule is Fc1cc2c(cc1Cl)CCNCC2. The van der Waals surface area contributed by atoms with Crippen LogP contribution in [0.3, 0.4) is 0 Å². The molecule has 1 aliphatic heterocycles. The van der Waals surface area contributed by atoms with Gasteiger partial charge in [0.1, 0.15) is 5.82 Å². The Bertz CT molecular complexity index is 294. The highest BCUT2D eigenvalue weighted by atomic mass is 35.5. The Morgan fingerprint density at radius 1 is 1.15 bits per heavy atom. The molecule has 1 aromatic rings. The summed E-state index contributed by atoms with van der Waals surface area (Å²) in [4.78, 5) is 0. The number of hydrogen-bond donors (Lipinski definition) is 1. The van der Waals surface area contributed by atoms with Crippen LogP contribution >= 0.6 is 11.6 Å². The second kappa shape index (κ2) is 3.64. The van der Waals surface area contributed by atoms with Gasteiger partial charge in [-0.2, -0.15) is 0 Å². The quantitative estimate of drug-likeness (QED) is 0.676. The topological polar surface area (TPSA) is 12.0 Å². The van der Waals surface area contributed by atoms with Gasteiger partial charge < -0.3 is 5.32 Å². The van der Waals surface area contributed by atoms with Crippen molar-refractivity contribution in [3.05, 3.63) is 34.1 Å². The molecule has 0 unspecified atom stereocenters. The summed E-state index contributed by atoms with van der Waals surface area (Å²) in [5.74, 6) is -0.303. The fraction of sp³-hybridized carbons (Fsp3) is 0.400. The van der Waals surface area contributed by atoms with Crippen LogP contribution in [0.5, 0.6) is 0 Å². The first-order valence-electron chi connectivity index (χ1n) is 4.45. The van der Waals surface area contributed by atoms with Crippen LogP contribution in [0.2, 0.25) is 5.02 Å². The average molecular weight is 200 g/mol. The minimum absolute atomic E-state index is 0.237. The summed E-state index contributed by atoms with van der Waals surface area (Å²) in [5, 5.41) is 3.50. The summed E-state index contributed by atoms with van der Waals surface area (Å²) in [7, 11) is 0. The fourth-order valence-corrected chi connectivity index (χ4v) is 1.85. The van der Waals surface area contributed by atoms with E-state index in [1.165, 1.54) is 5.56 Å². The van der Waals surface area contributed by atoms with Crippen LogP contribution in [0.4, 0.5) is 4.39 Å². The normalized spacial score (nSPS) is 16.5. The summed E-state index contributed by atoms with van der Waals surface area (Å²) >= 11 is 5.70. The van der Waals surface area contributed by atoms with E-state index in [2.05, 4.69) is 5.32 Å². The van der Waals surface area contributed by atoms with Crippen LogP contribution in [0, 0.1) is 5.82 Å². The second-order valence-electron chi connectivity index (χ2n) is 3.29. The Balaban J connectivity index is 2.43. The molecule has 0 spiro atoms. The fourth-order valence-electron chi connectivity index (χ4n) is 1.67. The second-order valence-corrected chi connectivity index (χ2v) is 3.69. The predicted octanol–water partition coefficient (Wildman–Crippen LogP) is 2.17. The number of halogens is 2. The predicted molar refractivity (Wildman–Crippen MR) is 51.7 cm³/mol. The van der Waals surface area contributed by atoms with E-state index in [0.29, 0.717) is 0 Å². The van der Waals surface area contributed by atoms with E-state index < -0.39 is 0 Å². The van der Waals surface area contributed by atoms with Crippen LogP contribution in [0.15, 0.2) is 12.1 Å². The lowest BCUT2D eigenvalue weighted by Gasteiger charge is -2.05. The third kappa shape index (κ3) is 1.84. The molecule has 0 saturated heterocycles. The van der Waals surface area contributed by atoms with E-state index in [1.807, 2.05) is 0 Å². The van der Waals surface area contributed by atoms with Crippen molar-refractivity contribution in [2.45, 2.75) is 12.8 Å². The number of nitrogens with one attached hydrogen (secondary N) is 1. The van der Waals surface area contributed by atoms with Crippen LogP contribution in [-0.2, 0) is 12.8 Å². The zero-order valence-electron chi connectivity index (χ0n) is 7.24. The number of fused-ring (bicyclic) bond motifs is 1. The third-order valence-electron chi connectivity index (χ3n) is 2.38. The Morgan fingerprint density at radius 3 is 2.46 bits per heavy atom. The Kier molecular flexibility index (Phi) is 2.51. The lowest BCUT2D eigenvalue weighted by Crippen LogP contribution is -2.16. The van der Waals surface area contributed by atoms with Crippen LogP contribution in [-0.4, -0.2) is 13.1 Å². The number of benzene rings is 1. The molecule has 0 atom stereocenters. The lowest BCUT2D eigenvalue weighted by atomic mass is 10.0. The molecule has 1 heterocycles. The van der Waals surface area contributed by atoms with Crippen molar-refractivity contribution in [1.29, 1.82) is 0 Å². The molecule has 1 nitrogen and oxygen atoms in total. The van der Waals surface area contributed by atoms with Gasteiger partial charge in [-0.05, 0) is 49.2 Å². The summed E-state index contributed by atoms with van der Waals surface area (Å²) in [6.45, 7) is 1.88. The monoisotopic (exact) mass is 199 g/mol. The molecule has 1 aliphatic rings. The first kappa shape index (κ1) is 8.97. The first-order chi connectivity index (χ1) is 6.27. The lowest BCUT2D eigenvalue weighted by molar-refractivity contribution is 0.625. The van der Waals surface area contributed by atoms with Crippen LogP contribution in [0.25, 0.3) is 0 Å². The summed E-state index contributed by atoms with van der Waals surface area (Å²) < 4.78 is 13.1. The first-order valence-corrected chi connectivity index (χ1v) is 4.82. The molecule has 0 amide bonds. The smallest absolute Gasteiger partial charge is 0.142 e. The molecule has 1 N–H and O–H groups in total. The number of rotatable bonds is 0. The van der Waals surface area contributed by atoms with Gasteiger partial charge in [-0.1, -0.05) is 11.6 Å². The van der Waals surface area contributed by atoms with Gasteiger partial charge in [0, 0.05) is 0 Å². The standard InChI is InChI=1S/C10H11ClFN/c11-9-5-7-1-3-13-4-2-8(7)6-10(9)12/h5-6,13H,1-4H2. The molecule has 3 heteroatoms. The highest BCUT2D eigenvalue weighted by Gasteiger charge is 2.10. The minimum Gasteiger partial charge on any atom is -0.316 e. The van der Waals surface area contributed by atoms with Gasteiger partial charge >= 0.3 is 0 Å². The summed E-state index contributed by atoms with van der Waals surface area (Å²) in [5.41, 5.74) is 2.27. The van der Waals surface area contributed by atoms with Gasteiger partial charge in [-0.3, -0.25) is 0 Å². The average Bonchev–Trinajstić information content (AvgIpc) is 2.31. The molecular formula is C10H11ClFN. The van der Waals surface area contributed by atoms with E-state index in [0.717, 1.165) is 31.5 Å². The van der Waals surface area contributed by atoms with Crippen molar-refractivity contribution in [1.82, 2.24) is 5.32 Å². The van der Waals surface area contributed by atoms with Gasteiger partial charge in [-0.25, -0.2) is 4.39 Å². The van der Waals surface area contributed by atoms with E-state index in [-0.39, 0.29) is 10.8 Å². The Hall–Kier alpha value is -0.600. The maximum Gasteiger partial charge on any atom is 0.142 e. The molecule has 0 saturated carbocycles. The third-order valence-corrected chi connectivity index (χ3v) is 2.67. The van der Waals surface area contributed by atoms with Gasteiger partial charge in [-0.15, -0.1) is 0 Å². The van der Waals surface area contributed by atoms with Crippen molar-refractivity contribution in [3.63, 3.8) is 0 Å². The van der Waals surface area contributed by atoms with Gasteiger partial charge in [0.25, 0.3) is 0 Å². The van der Waals surface area contributed by atoms with Gasteiger partial charge in [0.2, 0.25) is 0 Å². The van der Waals surface area contributed by atoms with Crippen molar-refractivity contribution < 1.29 is 4.39 Å². The van der Waals surface area contributed by atoms with Crippen LogP contribution in [0.1, 0.15) is 11.1 Å². The molecule has 0 aliphatic carbocycles. The Morgan fingerprint density at radius 2 is 1.77 bits per heavy atom. The molecule has 70 valence electrons. The van der Waals surface area contributed by atoms with Crippen molar-refractivity contribution >= 4 is 11.6 Å². The summed E-state index contributed by atoms with van der Waals surface area (Å²) in [6, 6.07) is 3.31. The van der Waals surface area contributed by atoms with Crippen molar-refractivity contribution in [2.24, 2.45) is 0 Å². The minimum atomic E-state index is -0.303. The molecule has 0 radical (unpaired) electrons. The number of hydrogen-bond acceptors (Lipinski definition) is 1. The van der Waals surface area contributed by atoms with Crippen LogP contribution < -0.4 is 5.32 Å². The van der Waals surface area contributed by atoms with E-state index in [4.69, 9.17) is 11.6 Å². The van der Waals surface area contributed by atoms with E-state index >= 15 is 0 Å². The molecule has 0 aromatic heterocycles. The van der Waals surface area contributed by atoms with Gasteiger partial charge in [0.15, 0.2) is 0 Å². The molecular weight excluding hydrogens is 189 g/mol. The van der Waals surface area contributed by atoms with E-state index in [9.17, 15) is 4.39 Å². The molecule has 0 bridgehead atoms. The molecule has 13 heavy (non-hydrogen) atoms. The Labute approximate surface area is 81.9 Å². The molecule has 1 aromatic carbocycles.